The zero-order chi connectivity index (χ0) is 18.2. The Kier molecular flexibility index (Phi) is 6.57. The summed E-state index contributed by atoms with van der Waals surface area (Å²) in [7, 11) is 0. The van der Waals surface area contributed by atoms with Crippen molar-refractivity contribution in [2.24, 2.45) is 5.10 Å². The van der Waals surface area contributed by atoms with E-state index in [1.165, 1.54) is 24.4 Å². The Morgan fingerprint density at radius 1 is 1.20 bits per heavy atom. The van der Waals surface area contributed by atoms with Gasteiger partial charge < -0.3 is 5.32 Å². The highest BCUT2D eigenvalue weighted by Crippen LogP contribution is 2.11. The summed E-state index contributed by atoms with van der Waals surface area (Å²) in [5.74, 6) is -0.871. The van der Waals surface area contributed by atoms with Gasteiger partial charge in [-0.25, -0.2) is 5.43 Å². The predicted octanol–water partition coefficient (Wildman–Crippen LogP) is 2.08. The van der Waals surface area contributed by atoms with Gasteiger partial charge in [0, 0.05) is 21.3 Å². The van der Waals surface area contributed by atoms with E-state index in [2.05, 4.69) is 15.8 Å². The zero-order valence-electron chi connectivity index (χ0n) is 12.8. The summed E-state index contributed by atoms with van der Waals surface area (Å²) in [4.78, 5) is 33.8. The number of nitro benzene ring substituents is 1. The van der Waals surface area contributed by atoms with Crippen molar-refractivity contribution >= 4 is 46.3 Å². The number of halogens is 1. The van der Waals surface area contributed by atoms with E-state index in [4.69, 9.17) is 0 Å². The van der Waals surface area contributed by atoms with Crippen LogP contribution >= 0.6 is 22.6 Å². The second-order valence-electron chi connectivity index (χ2n) is 4.81. The Morgan fingerprint density at radius 2 is 1.96 bits per heavy atom. The summed E-state index contributed by atoms with van der Waals surface area (Å²) >= 11 is 2.04. The minimum Gasteiger partial charge on any atom is -0.343 e. The highest BCUT2D eigenvalue weighted by Gasteiger charge is 2.10. The molecule has 8 nitrogen and oxygen atoms in total. The average Bonchev–Trinajstić information content (AvgIpc) is 2.60. The SMILES string of the molecule is O=C(CNC(=O)c1ccccc1I)N/N=C/c1cccc([N+](=O)[O-])c1. The Labute approximate surface area is 156 Å². The maximum Gasteiger partial charge on any atom is 0.270 e. The molecular formula is C16H13IN4O4. The smallest absolute Gasteiger partial charge is 0.270 e. The van der Waals surface area contributed by atoms with Crippen molar-refractivity contribution < 1.29 is 14.5 Å². The standard InChI is InChI=1S/C16H13IN4O4/c17-14-7-2-1-6-13(14)16(23)18-10-15(22)20-19-9-11-4-3-5-12(8-11)21(24)25/h1-9H,10H2,(H,18,23)(H,20,22)/b19-9+. The number of non-ortho nitro benzene ring substituents is 1. The van der Waals surface area contributed by atoms with Crippen LogP contribution < -0.4 is 10.7 Å². The topological polar surface area (TPSA) is 114 Å². The number of nitrogens with one attached hydrogen (secondary N) is 2. The number of amides is 2. The zero-order valence-corrected chi connectivity index (χ0v) is 15.0. The maximum absolute atomic E-state index is 12.0. The maximum atomic E-state index is 12.0. The van der Waals surface area contributed by atoms with Gasteiger partial charge in [0.15, 0.2) is 0 Å². The van der Waals surface area contributed by atoms with Crippen LogP contribution in [0.1, 0.15) is 15.9 Å². The molecule has 2 rings (SSSR count). The van der Waals surface area contributed by atoms with Crippen LogP contribution in [0.15, 0.2) is 53.6 Å². The third-order valence-corrected chi connectivity index (χ3v) is 3.95. The molecule has 0 aromatic heterocycles. The van der Waals surface area contributed by atoms with Gasteiger partial charge in [0.2, 0.25) is 0 Å². The van der Waals surface area contributed by atoms with Crippen LogP contribution in [0, 0.1) is 13.7 Å². The number of rotatable bonds is 6. The van der Waals surface area contributed by atoms with Crippen molar-refractivity contribution in [2.75, 3.05) is 6.54 Å². The Bertz CT molecular complexity index is 838. The monoisotopic (exact) mass is 452 g/mol. The first kappa shape index (κ1) is 18.5. The lowest BCUT2D eigenvalue weighted by atomic mass is 10.2. The van der Waals surface area contributed by atoms with E-state index in [1.54, 1.807) is 24.3 Å². The van der Waals surface area contributed by atoms with Gasteiger partial charge in [-0.05, 0) is 34.7 Å². The minimum atomic E-state index is -0.517. The van der Waals surface area contributed by atoms with Gasteiger partial charge >= 0.3 is 0 Å². The van der Waals surface area contributed by atoms with Gasteiger partial charge in [0.1, 0.15) is 0 Å². The van der Waals surface area contributed by atoms with E-state index >= 15 is 0 Å². The van der Waals surface area contributed by atoms with Gasteiger partial charge in [-0.3, -0.25) is 19.7 Å². The molecule has 0 aliphatic carbocycles. The Morgan fingerprint density at radius 3 is 2.68 bits per heavy atom. The molecule has 9 heteroatoms. The highest BCUT2D eigenvalue weighted by molar-refractivity contribution is 14.1. The van der Waals surface area contributed by atoms with Crippen LogP contribution in [0.25, 0.3) is 0 Å². The summed E-state index contributed by atoms with van der Waals surface area (Å²) in [6.45, 7) is -0.240. The van der Waals surface area contributed by atoms with E-state index in [1.807, 2.05) is 28.7 Å². The summed E-state index contributed by atoms with van der Waals surface area (Å²) in [5.41, 5.74) is 3.13. The minimum absolute atomic E-state index is 0.0694. The van der Waals surface area contributed by atoms with Crippen LogP contribution in [0.5, 0.6) is 0 Å². The van der Waals surface area contributed by atoms with E-state index in [9.17, 15) is 19.7 Å². The molecule has 0 bridgehead atoms. The number of carbonyl (C=O) groups excluding carboxylic acids is 2. The highest BCUT2D eigenvalue weighted by atomic mass is 127. The molecule has 0 aliphatic rings. The molecule has 2 amide bonds. The predicted molar refractivity (Wildman–Crippen MR) is 100 cm³/mol. The summed E-state index contributed by atoms with van der Waals surface area (Å²) < 4.78 is 0.779. The van der Waals surface area contributed by atoms with E-state index in [0.29, 0.717) is 11.1 Å². The first-order valence-electron chi connectivity index (χ1n) is 7.06. The molecule has 0 spiro atoms. The molecule has 0 saturated heterocycles. The largest absolute Gasteiger partial charge is 0.343 e. The molecule has 0 saturated carbocycles. The van der Waals surface area contributed by atoms with Crippen LogP contribution in [0.2, 0.25) is 0 Å². The van der Waals surface area contributed by atoms with Crippen molar-refractivity contribution in [1.82, 2.24) is 10.7 Å². The second kappa shape index (κ2) is 8.87. The lowest BCUT2D eigenvalue weighted by Crippen LogP contribution is -2.35. The molecule has 0 unspecified atom stereocenters. The lowest BCUT2D eigenvalue weighted by molar-refractivity contribution is -0.384. The number of hydrogen-bond acceptors (Lipinski definition) is 5. The van der Waals surface area contributed by atoms with Gasteiger partial charge in [-0.15, -0.1) is 0 Å². The number of benzene rings is 2. The van der Waals surface area contributed by atoms with Gasteiger partial charge in [0.25, 0.3) is 17.5 Å². The number of hydrazone groups is 1. The van der Waals surface area contributed by atoms with Crippen molar-refractivity contribution in [3.05, 3.63) is 73.3 Å². The molecule has 2 aromatic carbocycles. The molecule has 2 aromatic rings. The normalized spacial score (nSPS) is 10.4. The average molecular weight is 452 g/mol. The fourth-order valence-corrected chi connectivity index (χ4v) is 2.47. The van der Waals surface area contributed by atoms with Crippen molar-refractivity contribution in [1.29, 1.82) is 0 Å². The quantitative estimate of drug-likeness (QED) is 0.302. The number of hydrogen-bond donors (Lipinski definition) is 2. The molecule has 0 aliphatic heterocycles. The van der Waals surface area contributed by atoms with Crippen molar-refractivity contribution in [3.8, 4) is 0 Å². The molecule has 0 fully saturated rings. The molecule has 128 valence electrons. The van der Waals surface area contributed by atoms with E-state index in [0.717, 1.165) is 3.57 Å². The Hall–Kier alpha value is -2.82. The van der Waals surface area contributed by atoms with Crippen LogP contribution in [0.4, 0.5) is 5.69 Å². The summed E-state index contributed by atoms with van der Waals surface area (Å²) in [6.07, 6.45) is 1.28. The van der Waals surface area contributed by atoms with E-state index < -0.39 is 10.8 Å². The molecule has 25 heavy (non-hydrogen) atoms. The third kappa shape index (κ3) is 5.64. The van der Waals surface area contributed by atoms with Gasteiger partial charge in [-0.1, -0.05) is 24.3 Å². The van der Waals surface area contributed by atoms with Gasteiger partial charge in [-0.2, -0.15) is 5.10 Å². The van der Waals surface area contributed by atoms with Gasteiger partial charge in [0.05, 0.1) is 23.2 Å². The number of nitro groups is 1. The first-order valence-corrected chi connectivity index (χ1v) is 8.14. The molecular weight excluding hydrogens is 439 g/mol. The molecule has 2 N–H and O–H groups in total. The number of carbonyl (C=O) groups is 2. The molecule has 0 radical (unpaired) electrons. The number of nitrogens with zero attached hydrogens (tertiary/aromatic N) is 2. The van der Waals surface area contributed by atoms with Crippen LogP contribution in [-0.4, -0.2) is 29.5 Å². The van der Waals surface area contributed by atoms with E-state index in [-0.39, 0.29) is 18.1 Å². The van der Waals surface area contributed by atoms with Crippen molar-refractivity contribution in [2.45, 2.75) is 0 Å². The van der Waals surface area contributed by atoms with Crippen molar-refractivity contribution in [3.63, 3.8) is 0 Å². The third-order valence-electron chi connectivity index (χ3n) is 3.01. The fraction of sp³-hybridized carbons (Fsp3) is 0.0625. The lowest BCUT2D eigenvalue weighted by Gasteiger charge is -2.05. The summed E-state index contributed by atoms with van der Waals surface area (Å²) in [5, 5.41) is 16.9. The molecule has 0 atom stereocenters. The first-order chi connectivity index (χ1) is 12.0. The van der Waals surface area contributed by atoms with Crippen LogP contribution in [-0.2, 0) is 4.79 Å². The van der Waals surface area contributed by atoms with Crippen LogP contribution in [0.3, 0.4) is 0 Å². The Balaban J connectivity index is 1.84. The summed E-state index contributed by atoms with van der Waals surface area (Å²) in [6, 6.07) is 12.8. The fourth-order valence-electron chi connectivity index (χ4n) is 1.84. The molecule has 0 heterocycles. The second-order valence-corrected chi connectivity index (χ2v) is 5.97.